The van der Waals surface area contributed by atoms with Crippen molar-refractivity contribution in [3.63, 3.8) is 0 Å². The van der Waals surface area contributed by atoms with Crippen molar-refractivity contribution >= 4 is 24.2 Å². The largest absolute Gasteiger partial charge is 0.497 e. The van der Waals surface area contributed by atoms with Crippen LogP contribution < -0.4 is 15.4 Å². The molecule has 8 heteroatoms. The van der Waals surface area contributed by atoms with Crippen LogP contribution in [0.1, 0.15) is 23.2 Å². The molecule has 2 saturated heterocycles. The summed E-state index contributed by atoms with van der Waals surface area (Å²) >= 11 is 0. The molecule has 0 bridgehead atoms. The number of aliphatic hydroxyl groups is 1. The first-order valence-electron chi connectivity index (χ1n) is 8.71. The molecular formula is C18H26ClN3O4. The van der Waals surface area contributed by atoms with E-state index in [1.54, 1.807) is 36.3 Å². The summed E-state index contributed by atoms with van der Waals surface area (Å²) in [4.78, 5) is 26.7. The Bertz CT molecular complexity index is 617. The van der Waals surface area contributed by atoms with Gasteiger partial charge in [0.1, 0.15) is 5.75 Å². The minimum absolute atomic E-state index is 0. The van der Waals surface area contributed by atoms with Crippen LogP contribution in [0, 0.1) is 5.92 Å². The number of aliphatic hydroxyl groups excluding tert-OH is 1. The van der Waals surface area contributed by atoms with Gasteiger partial charge in [-0.2, -0.15) is 0 Å². The van der Waals surface area contributed by atoms with E-state index in [4.69, 9.17) is 4.74 Å². The van der Waals surface area contributed by atoms with Crippen molar-refractivity contribution < 1.29 is 19.4 Å². The summed E-state index contributed by atoms with van der Waals surface area (Å²) < 4.78 is 5.11. The molecule has 2 aliphatic rings. The number of benzene rings is 1. The van der Waals surface area contributed by atoms with Crippen LogP contribution in [0.15, 0.2) is 24.3 Å². The van der Waals surface area contributed by atoms with E-state index in [-0.39, 0.29) is 36.2 Å². The number of nitrogens with zero attached hydrogens (tertiary/aromatic N) is 1. The zero-order valence-corrected chi connectivity index (χ0v) is 15.6. The van der Waals surface area contributed by atoms with Crippen LogP contribution in [-0.4, -0.2) is 67.3 Å². The van der Waals surface area contributed by atoms with Crippen molar-refractivity contribution in [2.24, 2.45) is 5.92 Å². The molecule has 2 amide bonds. The molecular weight excluding hydrogens is 358 g/mol. The summed E-state index contributed by atoms with van der Waals surface area (Å²) in [5.41, 5.74) is 0.629. The minimum Gasteiger partial charge on any atom is -0.497 e. The fourth-order valence-corrected chi connectivity index (χ4v) is 3.37. The van der Waals surface area contributed by atoms with Gasteiger partial charge in [-0.05, 0) is 37.1 Å². The SMILES string of the molecule is COc1ccc(C(=O)N2CCC(C(=O)N[C@@H]3CNC[C@H]3O)CC2)cc1.Cl. The molecule has 0 unspecified atom stereocenters. The maximum atomic E-state index is 12.5. The van der Waals surface area contributed by atoms with E-state index in [0.717, 1.165) is 5.75 Å². The van der Waals surface area contributed by atoms with Crippen LogP contribution in [0.25, 0.3) is 0 Å². The summed E-state index contributed by atoms with van der Waals surface area (Å²) in [6.45, 7) is 2.24. The standard InChI is InChI=1S/C18H25N3O4.ClH/c1-25-14-4-2-13(3-5-14)18(24)21-8-6-12(7-9-21)17(23)20-15-10-19-11-16(15)22;/h2-5,12,15-16,19,22H,6-11H2,1H3,(H,20,23);1H/t15-,16-;/m1./s1. The summed E-state index contributed by atoms with van der Waals surface area (Å²) in [6.07, 6.45) is 0.759. The lowest BCUT2D eigenvalue weighted by molar-refractivity contribution is -0.127. The minimum atomic E-state index is -0.527. The number of piperidine rings is 1. The van der Waals surface area contributed by atoms with Gasteiger partial charge < -0.3 is 25.4 Å². The normalized spacial score (nSPS) is 23.2. The van der Waals surface area contributed by atoms with Crippen LogP contribution in [0.4, 0.5) is 0 Å². The Morgan fingerprint density at radius 1 is 1.19 bits per heavy atom. The summed E-state index contributed by atoms with van der Waals surface area (Å²) in [5.74, 6) is 0.574. The maximum absolute atomic E-state index is 12.5. The molecule has 7 nitrogen and oxygen atoms in total. The smallest absolute Gasteiger partial charge is 0.253 e. The number of methoxy groups -OCH3 is 1. The Labute approximate surface area is 159 Å². The number of nitrogens with one attached hydrogen (secondary N) is 2. The highest BCUT2D eigenvalue weighted by Crippen LogP contribution is 2.21. The van der Waals surface area contributed by atoms with Gasteiger partial charge in [0.15, 0.2) is 0 Å². The van der Waals surface area contributed by atoms with Gasteiger partial charge in [0.05, 0.1) is 19.3 Å². The average molecular weight is 384 g/mol. The Morgan fingerprint density at radius 2 is 1.85 bits per heavy atom. The molecule has 144 valence electrons. The van der Waals surface area contributed by atoms with Crippen molar-refractivity contribution in [2.45, 2.75) is 25.0 Å². The van der Waals surface area contributed by atoms with Gasteiger partial charge in [-0.15, -0.1) is 12.4 Å². The first kappa shape index (κ1) is 20.5. The molecule has 0 spiro atoms. The molecule has 3 rings (SSSR count). The zero-order chi connectivity index (χ0) is 17.8. The molecule has 1 aromatic rings. The van der Waals surface area contributed by atoms with Gasteiger partial charge >= 0.3 is 0 Å². The molecule has 0 radical (unpaired) electrons. The van der Waals surface area contributed by atoms with Gasteiger partial charge in [0, 0.05) is 37.7 Å². The van der Waals surface area contributed by atoms with Crippen LogP contribution in [0.2, 0.25) is 0 Å². The molecule has 26 heavy (non-hydrogen) atoms. The van der Waals surface area contributed by atoms with E-state index >= 15 is 0 Å². The van der Waals surface area contributed by atoms with Crippen molar-refractivity contribution in [1.82, 2.24) is 15.5 Å². The molecule has 0 aliphatic carbocycles. The third-order valence-electron chi connectivity index (χ3n) is 5.00. The van der Waals surface area contributed by atoms with E-state index in [1.165, 1.54) is 0 Å². The van der Waals surface area contributed by atoms with Crippen molar-refractivity contribution in [3.8, 4) is 5.75 Å². The zero-order valence-electron chi connectivity index (χ0n) is 14.8. The number of carbonyl (C=O) groups excluding carboxylic acids is 2. The van der Waals surface area contributed by atoms with Crippen molar-refractivity contribution in [1.29, 1.82) is 0 Å². The second-order valence-corrected chi connectivity index (χ2v) is 6.64. The molecule has 1 aromatic carbocycles. The van der Waals surface area contributed by atoms with Gasteiger partial charge in [-0.3, -0.25) is 9.59 Å². The topological polar surface area (TPSA) is 90.9 Å². The van der Waals surface area contributed by atoms with Crippen LogP contribution in [0.3, 0.4) is 0 Å². The third-order valence-corrected chi connectivity index (χ3v) is 5.00. The number of hydrogen-bond donors (Lipinski definition) is 3. The number of likely N-dealkylation sites (tertiary alicyclic amines) is 1. The predicted octanol–water partition coefficient (Wildman–Crippen LogP) is 0.418. The molecule has 2 aliphatic heterocycles. The van der Waals surface area contributed by atoms with Crippen LogP contribution >= 0.6 is 12.4 Å². The molecule has 0 saturated carbocycles. The fourth-order valence-electron chi connectivity index (χ4n) is 3.37. The van der Waals surface area contributed by atoms with Crippen LogP contribution in [-0.2, 0) is 4.79 Å². The fraction of sp³-hybridized carbons (Fsp3) is 0.556. The Morgan fingerprint density at radius 3 is 2.38 bits per heavy atom. The van der Waals surface area contributed by atoms with E-state index in [0.29, 0.717) is 44.6 Å². The first-order chi connectivity index (χ1) is 12.1. The summed E-state index contributed by atoms with van der Waals surface area (Å²) in [7, 11) is 1.59. The lowest BCUT2D eigenvalue weighted by Crippen LogP contribution is -2.48. The summed E-state index contributed by atoms with van der Waals surface area (Å²) in [6, 6.07) is 6.84. The number of rotatable bonds is 4. The molecule has 3 N–H and O–H groups in total. The highest BCUT2D eigenvalue weighted by Gasteiger charge is 2.32. The Balaban J connectivity index is 0.00000243. The van der Waals surface area contributed by atoms with Crippen molar-refractivity contribution in [2.75, 3.05) is 33.3 Å². The monoisotopic (exact) mass is 383 g/mol. The Hall–Kier alpha value is -1.83. The lowest BCUT2D eigenvalue weighted by Gasteiger charge is -2.32. The number of hydrogen-bond acceptors (Lipinski definition) is 5. The van der Waals surface area contributed by atoms with E-state index in [2.05, 4.69) is 10.6 Å². The van der Waals surface area contributed by atoms with Gasteiger partial charge in [0.2, 0.25) is 5.91 Å². The van der Waals surface area contributed by atoms with Gasteiger partial charge in [-0.25, -0.2) is 0 Å². The number of amides is 2. The van der Waals surface area contributed by atoms with Gasteiger partial charge in [-0.1, -0.05) is 0 Å². The number of carbonyl (C=O) groups is 2. The second kappa shape index (κ2) is 9.21. The van der Waals surface area contributed by atoms with E-state index in [1.807, 2.05) is 0 Å². The molecule has 2 atom stereocenters. The third kappa shape index (κ3) is 4.66. The molecule has 0 aromatic heterocycles. The Kier molecular flexibility index (Phi) is 7.25. The van der Waals surface area contributed by atoms with Crippen LogP contribution in [0.5, 0.6) is 5.75 Å². The highest BCUT2D eigenvalue weighted by atomic mass is 35.5. The maximum Gasteiger partial charge on any atom is 0.253 e. The first-order valence-corrected chi connectivity index (χ1v) is 8.71. The summed E-state index contributed by atoms with van der Waals surface area (Å²) in [5, 5.41) is 15.7. The predicted molar refractivity (Wildman–Crippen MR) is 99.7 cm³/mol. The molecule has 2 fully saturated rings. The average Bonchev–Trinajstić information content (AvgIpc) is 3.06. The second-order valence-electron chi connectivity index (χ2n) is 6.64. The van der Waals surface area contributed by atoms with E-state index in [9.17, 15) is 14.7 Å². The quantitative estimate of drug-likeness (QED) is 0.701. The number of halogens is 1. The lowest BCUT2D eigenvalue weighted by atomic mass is 9.95. The molecule has 2 heterocycles. The van der Waals surface area contributed by atoms with Crippen molar-refractivity contribution in [3.05, 3.63) is 29.8 Å². The highest BCUT2D eigenvalue weighted by molar-refractivity contribution is 5.94. The number of β-amino-alcohol motifs (C(OH)–C–C–N with tert-alkyl or cyclic N) is 1. The van der Waals surface area contributed by atoms with E-state index < -0.39 is 6.10 Å². The van der Waals surface area contributed by atoms with Gasteiger partial charge in [0.25, 0.3) is 5.91 Å². The number of ether oxygens (including phenoxy) is 1.